The van der Waals surface area contributed by atoms with Gasteiger partial charge in [0.05, 0.1) is 11.7 Å². The minimum atomic E-state index is 0. The Hall–Kier alpha value is -0.900. The zero-order valence-electron chi connectivity index (χ0n) is 9.09. The fourth-order valence-electron chi connectivity index (χ4n) is 1.42. The van der Waals surface area contributed by atoms with E-state index in [-0.39, 0.29) is 18.4 Å². The van der Waals surface area contributed by atoms with E-state index < -0.39 is 0 Å². The van der Waals surface area contributed by atoms with Crippen LogP contribution >= 0.6 is 23.7 Å². The number of rotatable bonds is 3. The molecule has 0 fully saturated rings. The lowest BCUT2D eigenvalue weighted by Gasteiger charge is -1.98. The van der Waals surface area contributed by atoms with Crippen molar-refractivity contribution in [2.24, 2.45) is 5.73 Å². The van der Waals surface area contributed by atoms with E-state index in [1.807, 2.05) is 25.1 Å². The van der Waals surface area contributed by atoms with Gasteiger partial charge in [0, 0.05) is 11.8 Å². The second-order valence-corrected chi connectivity index (χ2v) is 4.52. The summed E-state index contributed by atoms with van der Waals surface area (Å²) >= 11 is 1.64. The van der Waals surface area contributed by atoms with E-state index in [9.17, 15) is 0 Å². The molecule has 0 aliphatic rings. The molecule has 0 amide bonds. The minimum Gasteiger partial charge on any atom is -0.322 e. The summed E-state index contributed by atoms with van der Waals surface area (Å²) in [6.07, 6.45) is 0.893. The number of thiazole rings is 1. The van der Waals surface area contributed by atoms with Gasteiger partial charge < -0.3 is 5.73 Å². The number of aromatic nitrogens is 1. The average Bonchev–Trinajstić information content (AvgIpc) is 2.68. The molecule has 86 valence electrons. The van der Waals surface area contributed by atoms with Gasteiger partial charge in [0.1, 0.15) is 5.01 Å². The first-order valence-electron chi connectivity index (χ1n) is 4.99. The Morgan fingerprint density at radius 1 is 1.31 bits per heavy atom. The van der Waals surface area contributed by atoms with Gasteiger partial charge >= 0.3 is 0 Å². The highest BCUT2D eigenvalue weighted by Gasteiger charge is 2.06. The molecule has 1 aromatic heterocycles. The molecule has 0 saturated carbocycles. The maximum atomic E-state index is 5.77. The lowest BCUT2D eigenvalue weighted by Crippen LogP contribution is -2.04. The van der Waals surface area contributed by atoms with E-state index in [0.29, 0.717) is 0 Å². The van der Waals surface area contributed by atoms with E-state index in [4.69, 9.17) is 5.73 Å². The number of halogens is 1. The van der Waals surface area contributed by atoms with Crippen LogP contribution in [0, 0.1) is 0 Å². The largest absolute Gasteiger partial charge is 0.322 e. The van der Waals surface area contributed by atoms with Gasteiger partial charge in [0.15, 0.2) is 0 Å². The molecule has 0 aliphatic heterocycles. The first-order chi connectivity index (χ1) is 7.25. The molecular weight excluding hydrogens is 240 g/mol. The van der Waals surface area contributed by atoms with Gasteiger partial charge in [0.2, 0.25) is 0 Å². The number of nitrogens with two attached hydrogens (primary N) is 1. The van der Waals surface area contributed by atoms with Crippen LogP contribution in [0.15, 0.2) is 35.7 Å². The zero-order chi connectivity index (χ0) is 10.7. The van der Waals surface area contributed by atoms with Crippen LogP contribution in [-0.2, 0) is 6.42 Å². The van der Waals surface area contributed by atoms with Crippen molar-refractivity contribution < 1.29 is 0 Å². The molecule has 0 spiro atoms. The van der Waals surface area contributed by atoms with Crippen LogP contribution in [0.4, 0.5) is 0 Å². The predicted octanol–water partition coefficient (Wildman–Crippen LogP) is 3.18. The van der Waals surface area contributed by atoms with Crippen LogP contribution in [0.2, 0.25) is 0 Å². The molecule has 1 heterocycles. The van der Waals surface area contributed by atoms with Crippen molar-refractivity contribution in [2.75, 3.05) is 0 Å². The van der Waals surface area contributed by atoms with E-state index in [2.05, 4.69) is 22.5 Å². The molecule has 1 aromatic carbocycles. The molecule has 1 unspecified atom stereocenters. The fourth-order valence-corrected chi connectivity index (χ4v) is 2.20. The Labute approximate surface area is 106 Å². The van der Waals surface area contributed by atoms with Gasteiger partial charge in [-0.2, -0.15) is 0 Å². The number of hydrogen-bond donors (Lipinski definition) is 1. The summed E-state index contributed by atoms with van der Waals surface area (Å²) < 4.78 is 0. The number of nitrogens with zero attached hydrogens (tertiary/aromatic N) is 1. The van der Waals surface area contributed by atoms with Crippen molar-refractivity contribution in [3.05, 3.63) is 52.0 Å². The smallest absolute Gasteiger partial charge is 0.109 e. The second kappa shape index (κ2) is 5.99. The third kappa shape index (κ3) is 3.30. The first-order valence-corrected chi connectivity index (χ1v) is 5.87. The van der Waals surface area contributed by atoms with Crippen molar-refractivity contribution in [3.63, 3.8) is 0 Å². The van der Waals surface area contributed by atoms with Crippen molar-refractivity contribution in [1.82, 2.24) is 4.98 Å². The molecule has 2 rings (SSSR count). The second-order valence-electron chi connectivity index (χ2n) is 3.63. The van der Waals surface area contributed by atoms with Gasteiger partial charge in [-0.15, -0.1) is 23.7 Å². The lowest BCUT2D eigenvalue weighted by atomic mass is 10.1. The molecule has 0 aliphatic carbocycles. The van der Waals surface area contributed by atoms with Crippen molar-refractivity contribution in [2.45, 2.75) is 19.4 Å². The summed E-state index contributed by atoms with van der Waals surface area (Å²) in [5.41, 5.74) is 8.17. The van der Waals surface area contributed by atoms with Crippen molar-refractivity contribution in [1.29, 1.82) is 0 Å². The van der Waals surface area contributed by atoms with Crippen molar-refractivity contribution in [3.8, 4) is 0 Å². The summed E-state index contributed by atoms with van der Waals surface area (Å²) in [4.78, 5) is 4.50. The third-order valence-corrected chi connectivity index (χ3v) is 3.28. The SMILES string of the molecule is CC(N)c1nc(Cc2ccccc2)cs1.Cl. The summed E-state index contributed by atoms with van der Waals surface area (Å²) in [5, 5.41) is 3.10. The zero-order valence-corrected chi connectivity index (χ0v) is 10.7. The van der Waals surface area contributed by atoms with Crippen LogP contribution in [0.5, 0.6) is 0 Å². The van der Waals surface area contributed by atoms with E-state index >= 15 is 0 Å². The van der Waals surface area contributed by atoms with Crippen molar-refractivity contribution >= 4 is 23.7 Å². The first kappa shape index (κ1) is 13.2. The van der Waals surface area contributed by atoms with Gasteiger partial charge in [-0.05, 0) is 12.5 Å². The Morgan fingerprint density at radius 3 is 2.56 bits per heavy atom. The summed E-state index contributed by atoms with van der Waals surface area (Å²) in [7, 11) is 0. The van der Waals surface area contributed by atoms with Gasteiger partial charge in [-0.3, -0.25) is 0 Å². The molecule has 0 bridgehead atoms. The molecule has 2 N–H and O–H groups in total. The monoisotopic (exact) mass is 254 g/mol. The van der Waals surface area contributed by atoms with Crippen LogP contribution < -0.4 is 5.73 Å². The molecule has 0 saturated heterocycles. The highest BCUT2D eigenvalue weighted by atomic mass is 35.5. The topological polar surface area (TPSA) is 38.9 Å². The van der Waals surface area contributed by atoms with Gasteiger partial charge in [-0.25, -0.2) is 4.98 Å². The van der Waals surface area contributed by atoms with E-state index in [0.717, 1.165) is 17.1 Å². The number of hydrogen-bond acceptors (Lipinski definition) is 3. The quantitative estimate of drug-likeness (QED) is 0.914. The Morgan fingerprint density at radius 2 is 2.00 bits per heavy atom. The molecule has 16 heavy (non-hydrogen) atoms. The molecule has 2 nitrogen and oxygen atoms in total. The number of benzene rings is 1. The minimum absolute atomic E-state index is 0. The summed E-state index contributed by atoms with van der Waals surface area (Å²) in [5.74, 6) is 0. The molecule has 0 radical (unpaired) electrons. The highest BCUT2D eigenvalue weighted by molar-refractivity contribution is 7.09. The maximum Gasteiger partial charge on any atom is 0.109 e. The Kier molecular flexibility index (Phi) is 4.93. The van der Waals surface area contributed by atoms with Gasteiger partial charge in [0.25, 0.3) is 0 Å². The third-order valence-electron chi connectivity index (χ3n) is 2.19. The lowest BCUT2D eigenvalue weighted by molar-refractivity contribution is 0.800. The average molecular weight is 255 g/mol. The Balaban J connectivity index is 0.00000128. The maximum absolute atomic E-state index is 5.77. The van der Waals surface area contributed by atoms with E-state index in [1.165, 1.54) is 5.56 Å². The van der Waals surface area contributed by atoms with Crippen LogP contribution in [0.3, 0.4) is 0 Å². The van der Waals surface area contributed by atoms with Crippen LogP contribution in [0.1, 0.15) is 29.2 Å². The Bertz CT molecular complexity index is 426. The molecule has 1 atom stereocenters. The summed E-state index contributed by atoms with van der Waals surface area (Å²) in [6, 6.07) is 10.4. The van der Waals surface area contributed by atoms with Crippen LogP contribution in [-0.4, -0.2) is 4.98 Å². The molecule has 2 aromatic rings. The molecular formula is C12H15ClN2S. The summed E-state index contributed by atoms with van der Waals surface area (Å²) in [6.45, 7) is 1.96. The van der Waals surface area contributed by atoms with Gasteiger partial charge in [-0.1, -0.05) is 30.3 Å². The standard InChI is InChI=1S/C12H14N2S.ClH/c1-9(13)12-14-11(8-15-12)7-10-5-3-2-4-6-10;/h2-6,8-9H,7,13H2,1H3;1H. The normalized spacial score (nSPS) is 11.9. The van der Waals surface area contributed by atoms with E-state index in [1.54, 1.807) is 11.3 Å². The predicted molar refractivity (Wildman–Crippen MR) is 71.2 cm³/mol. The molecule has 4 heteroatoms. The fraction of sp³-hybridized carbons (Fsp3) is 0.250. The highest BCUT2D eigenvalue weighted by Crippen LogP contribution is 2.17. The van der Waals surface area contributed by atoms with Crippen LogP contribution in [0.25, 0.3) is 0 Å².